The zero-order valence-electron chi connectivity index (χ0n) is 18.2. The molecule has 1 aromatic carbocycles. The lowest BCUT2D eigenvalue weighted by Gasteiger charge is -2.32. The Kier molecular flexibility index (Phi) is 9.21. The van der Waals surface area contributed by atoms with Crippen molar-refractivity contribution < 1.29 is 27.9 Å². The number of hydrogen-bond donors (Lipinski definition) is 2. The Hall–Kier alpha value is -2.71. The molecule has 1 aliphatic heterocycles. The number of rotatable bonds is 8. The molecular formula is C22H31F2N3O4. The van der Waals surface area contributed by atoms with Crippen molar-refractivity contribution in [2.45, 2.75) is 46.1 Å². The maximum Gasteiger partial charge on any atom is 0.407 e. The van der Waals surface area contributed by atoms with Crippen LogP contribution in [0.2, 0.25) is 0 Å². The van der Waals surface area contributed by atoms with Gasteiger partial charge in [0.05, 0.1) is 12.2 Å². The SMILES string of the molecule is CCOC(=O)NC(CNC(=O)C1CCN(C(=O)c2ccc(F)cc2F)CC1)CC(C)C. The summed E-state index contributed by atoms with van der Waals surface area (Å²) in [6, 6.07) is 2.63. The van der Waals surface area contributed by atoms with E-state index >= 15 is 0 Å². The zero-order chi connectivity index (χ0) is 23.0. The molecule has 31 heavy (non-hydrogen) atoms. The molecule has 1 fully saturated rings. The molecule has 1 atom stereocenters. The van der Waals surface area contributed by atoms with E-state index in [1.165, 1.54) is 4.90 Å². The van der Waals surface area contributed by atoms with Crippen LogP contribution < -0.4 is 10.6 Å². The Labute approximate surface area is 181 Å². The van der Waals surface area contributed by atoms with Crippen LogP contribution in [0.3, 0.4) is 0 Å². The third-order valence-electron chi connectivity index (χ3n) is 5.19. The van der Waals surface area contributed by atoms with Gasteiger partial charge in [0.2, 0.25) is 5.91 Å². The monoisotopic (exact) mass is 439 g/mol. The molecule has 0 spiro atoms. The largest absolute Gasteiger partial charge is 0.450 e. The number of ether oxygens (including phenoxy) is 1. The number of alkyl carbamates (subject to hydrolysis) is 1. The molecule has 2 rings (SSSR count). The number of carbonyl (C=O) groups excluding carboxylic acids is 3. The number of hydrogen-bond acceptors (Lipinski definition) is 4. The third kappa shape index (κ3) is 7.48. The molecule has 2 N–H and O–H groups in total. The number of piperidine rings is 1. The summed E-state index contributed by atoms with van der Waals surface area (Å²) in [6.45, 7) is 6.95. The molecule has 1 saturated heterocycles. The fourth-order valence-corrected chi connectivity index (χ4v) is 3.65. The molecule has 1 heterocycles. The van der Waals surface area contributed by atoms with E-state index in [9.17, 15) is 23.2 Å². The number of benzene rings is 1. The van der Waals surface area contributed by atoms with Crippen molar-refractivity contribution in [2.24, 2.45) is 11.8 Å². The van der Waals surface area contributed by atoms with Gasteiger partial charge in [-0.3, -0.25) is 9.59 Å². The lowest BCUT2D eigenvalue weighted by molar-refractivity contribution is -0.126. The maximum absolute atomic E-state index is 13.9. The van der Waals surface area contributed by atoms with Crippen molar-refractivity contribution in [3.63, 3.8) is 0 Å². The molecule has 7 nitrogen and oxygen atoms in total. The quantitative estimate of drug-likeness (QED) is 0.652. The minimum Gasteiger partial charge on any atom is -0.450 e. The number of likely N-dealkylation sites (tertiary alicyclic amines) is 1. The summed E-state index contributed by atoms with van der Waals surface area (Å²) in [5.74, 6) is -2.23. The predicted octanol–water partition coefficient (Wildman–Crippen LogP) is 3.09. The Morgan fingerprint density at radius 2 is 1.87 bits per heavy atom. The first-order valence-electron chi connectivity index (χ1n) is 10.7. The van der Waals surface area contributed by atoms with Crippen molar-refractivity contribution in [3.05, 3.63) is 35.4 Å². The van der Waals surface area contributed by atoms with E-state index in [0.717, 1.165) is 12.1 Å². The van der Waals surface area contributed by atoms with Crippen LogP contribution >= 0.6 is 0 Å². The Morgan fingerprint density at radius 3 is 2.45 bits per heavy atom. The van der Waals surface area contributed by atoms with E-state index in [1.807, 2.05) is 13.8 Å². The van der Waals surface area contributed by atoms with Crippen LogP contribution in [0, 0.1) is 23.5 Å². The highest BCUT2D eigenvalue weighted by atomic mass is 19.1. The molecule has 0 bridgehead atoms. The van der Waals surface area contributed by atoms with Gasteiger partial charge in [0, 0.05) is 37.7 Å². The zero-order valence-corrected chi connectivity index (χ0v) is 18.2. The third-order valence-corrected chi connectivity index (χ3v) is 5.19. The molecule has 1 unspecified atom stereocenters. The second-order valence-corrected chi connectivity index (χ2v) is 8.13. The molecular weight excluding hydrogens is 408 g/mol. The highest BCUT2D eigenvalue weighted by Gasteiger charge is 2.29. The van der Waals surface area contributed by atoms with Crippen molar-refractivity contribution in [2.75, 3.05) is 26.2 Å². The van der Waals surface area contributed by atoms with Crippen molar-refractivity contribution in [3.8, 4) is 0 Å². The van der Waals surface area contributed by atoms with Crippen LogP contribution in [0.4, 0.5) is 13.6 Å². The van der Waals surface area contributed by atoms with Crippen molar-refractivity contribution >= 4 is 17.9 Å². The first-order chi connectivity index (χ1) is 14.7. The van der Waals surface area contributed by atoms with Crippen LogP contribution in [-0.4, -0.2) is 55.1 Å². The average Bonchev–Trinajstić information content (AvgIpc) is 2.71. The Balaban J connectivity index is 1.85. The summed E-state index contributed by atoms with van der Waals surface area (Å²) in [5, 5.41) is 5.65. The number of nitrogens with zero attached hydrogens (tertiary/aromatic N) is 1. The fourth-order valence-electron chi connectivity index (χ4n) is 3.65. The Morgan fingerprint density at radius 1 is 1.19 bits per heavy atom. The van der Waals surface area contributed by atoms with Gasteiger partial charge < -0.3 is 20.3 Å². The molecule has 0 aliphatic carbocycles. The van der Waals surface area contributed by atoms with Crippen LogP contribution in [0.15, 0.2) is 18.2 Å². The average molecular weight is 440 g/mol. The maximum atomic E-state index is 13.9. The van der Waals surface area contributed by atoms with E-state index in [1.54, 1.807) is 6.92 Å². The molecule has 3 amide bonds. The second-order valence-electron chi connectivity index (χ2n) is 8.13. The fraction of sp³-hybridized carbons (Fsp3) is 0.591. The molecule has 1 aliphatic rings. The topological polar surface area (TPSA) is 87.7 Å². The second kappa shape index (κ2) is 11.6. The molecule has 0 saturated carbocycles. The summed E-state index contributed by atoms with van der Waals surface area (Å²) in [7, 11) is 0. The van der Waals surface area contributed by atoms with Gasteiger partial charge in [0.25, 0.3) is 5.91 Å². The van der Waals surface area contributed by atoms with E-state index in [-0.39, 0.29) is 36.6 Å². The van der Waals surface area contributed by atoms with Gasteiger partial charge in [-0.25, -0.2) is 13.6 Å². The minimum atomic E-state index is -0.893. The smallest absolute Gasteiger partial charge is 0.407 e. The van der Waals surface area contributed by atoms with Crippen LogP contribution in [0.25, 0.3) is 0 Å². The van der Waals surface area contributed by atoms with E-state index in [2.05, 4.69) is 10.6 Å². The van der Waals surface area contributed by atoms with E-state index in [0.29, 0.717) is 44.3 Å². The number of carbonyl (C=O) groups is 3. The highest BCUT2D eigenvalue weighted by Crippen LogP contribution is 2.21. The summed E-state index contributed by atoms with van der Waals surface area (Å²) in [5.41, 5.74) is -0.175. The lowest BCUT2D eigenvalue weighted by atomic mass is 9.95. The first-order valence-corrected chi connectivity index (χ1v) is 10.7. The van der Waals surface area contributed by atoms with E-state index < -0.39 is 23.6 Å². The van der Waals surface area contributed by atoms with Gasteiger partial charge in [-0.15, -0.1) is 0 Å². The number of halogens is 2. The molecule has 172 valence electrons. The van der Waals surface area contributed by atoms with Gasteiger partial charge in [0.15, 0.2) is 0 Å². The predicted molar refractivity (Wildman–Crippen MR) is 111 cm³/mol. The number of amides is 3. The molecule has 0 radical (unpaired) electrons. The van der Waals surface area contributed by atoms with Crippen molar-refractivity contribution in [1.82, 2.24) is 15.5 Å². The summed E-state index contributed by atoms with van der Waals surface area (Å²) >= 11 is 0. The van der Waals surface area contributed by atoms with E-state index in [4.69, 9.17) is 4.74 Å². The van der Waals surface area contributed by atoms with Gasteiger partial charge in [-0.05, 0) is 44.2 Å². The number of nitrogens with one attached hydrogen (secondary N) is 2. The summed E-state index contributed by atoms with van der Waals surface area (Å²) in [6.07, 6.45) is 1.07. The van der Waals surface area contributed by atoms with Gasteiger partial charge in [-0.2, -0.15) is 0 Å². The standard InChI is InChI=1S/C22H31F2N3O4/c1-4-31-22(30)26-17(11-14(2)3)13-25-20(28)15-7-9-27(10-8-15)21(29)18-6-5-16(23)12-19(18)24/h5-6,12,14-15,17H,4,7-11,13H2,1-3H3,(H,25,28)(H,26,30). The van der Waals surface area contributed by atoms with Crippen LogP contribution in [-0.2, 0) is 9.53 Å². The molecule has 1 aromatic rings. The lowest BCUT2D eigenvalue weighted by Crippen LogP contribution is -2.48. The van der Waals surface area contributed by atoms with Gasteiger partial charge >= 0.3 is 6.09 Å². The first kappa shape index (κ1) is 24.6. The molecule has 0 aromatic heterocycles. The summed E-state index contributed by atoms with van der Waals surface area (Å²) in [4.78, 5) is 38.3. The highest BCUT2D eigenvalue weighted by molar-refractivity contribution is 5.94. The van der Waals surface area contributed by atoms with Crippen LogP contribution in [0.1, 0.15) is 50.4 Å². The van der Waals surface area contributed by atoms with Crippen molar-refractivity contribution in [1.29, 1.82) is 0 Å². The summed E-state index contributed by atoms with van der Waals surface area (Å²) < 4.78 is 31.9. The molecule has 9 heteroatoms. The van der Waals surface area contributed by atoms with Crippen LogP contribution in [0.5, 0.6) is 0 Å². The van der Waals surface area contributed by atoms with Gasteiger partial charge in [-0.1, -0.05) is 13.8 Å². The van der Waals surface area contributed by atoms with Gasteiger partial charge in [0.1, 0.15) is 11.6 Å². The Bertz CT molecular complexity index is 780. The normalized spacial score (nSPS) is 15.5. The minimum absolute atomic E-state index is 0.139.